The molecule has 0 aromatic heterocycles. The Balaban J connectivity index is 1.98. The molecule has 0 radical (unpaired) electrons. The number of rotatable bonds is 6. The lowest BCUT2D eigenvalue weighted by molar-refractivity contribution is -0.134. The summed E-state index contributed by atoms with van der Waals surface area (Å²) in [5.74, 6) is 0.353. The van der Waals surface area contributed by atoms with Crippen molar-refractivity contribution in [2.45, 2.75) is 38.1 Å². The molecule has 19 heavy (non-hydrogen) atoms. The van der Waals surface area contributed by atoms with Crippen molar-refractivity contribution < 1.29 is 9.90 Å². The largest absolute Gasteiger partial charge is 0.508 e. The minimum absolute atomic E-state index is 0.142. The lowest BCUT2D eigenvalue weighted by Crippen LogP contribution is -2.45. The van der Waals surface area contributed by atoms with Crippen molar-refractivity contribution in [3.8, 4) is 5.75 Å². The zero-order valence-corrected chi connectivity index (χ0v) is 11.2. The minimum atomic E-state index is 0.142. The molecule has 0 saturated heterocycles. The molecule has 1 saturated carbocycles. The third-order valence-corrected chi connectivity index (χ3v) is 3.70. The normalized spacial score (nSPS) is 15.0. The van der Waals surface area contributed by atoms with E-state index >= 15 is 0 Å². The molecular formula is C15H22N2O2. The number of carbonyl (C=O) groups excluding carboxylic acids is 1. The van der Waals surface area contributed by atoms with Crippen LogP contribution < -0.4 is 5.73 Å². The second-order valence-corrected chi connectivity index (χ2v) is 5.16. The number of phenolic OH excluding ortho intramolecular Hbond substituents is 1. The predicted octanol–water partition coefficient (Wildman–Crippen LogP) is 1.66. The van der Waals surface area contributed by atoms with Gasteiger partial charge in [-0.05, 0) is 49.9 Å². The van der Waals surface area contributed by atoms with Crippen molar-refractivity contribution >= 4 is 5.91 Å². The Labute approximate surface area is 114 Å². The smallest absolute Gasteiger partial charge is 0.227 e. The van der Waals surface area contributed by atoms with Crippen LogP contribution in [0.1, 0.15) is 31.2 Å². The van der Waals surface area contributed by atoms with E-state index in [0.717, 1.165) is 31.4 Å². The summed E-state index contributed by atoms with van der Waals surface area (Å²) < 4.78 is 0. The van der Waals surface area contributed by atoms with Crippen LogP contribution in [-0.4, -0.2) is 35.0 Å². The number of carbonyl (C=O) groups is 1. The van der Waals surface area contributed by atoms with Crippen molar-refractivity contribution in [1.29, 1.82) is 0 Å². The van der Waals surface area contributed by atoms with E-state index in [9.17, 15) is 9.90 Å². The Hall–Kier alpha value is -1.55. The highest BCUT2D eigenvalue weighted by Crippen LogP contribution is 2.25. The highest BCUT2D eigenvalue weighted by molar-refractivity contribution is 5.79. The van der Waals surface area contributed by atoms with Gasteiger partial charge in [0.2, 0.25) is 5.91 Å². The van der Waals surface area contributed by atoms with E-state index < -0.39 is 0 Å². The molecule has 1 fully saturated rings. The SMILES string of the molecule is NCCCN(C(=O)Cc1cccc(O)c1)C1CCC1. The molecule has 104 valence electrons. The summed E-state index contributed by atoms with van der Waals surface area (Å²) in [4.78, 5) is 14.3. The minimum Gasteiger partial charge on any atom is -0.508 e. The summed E-state index contributed by atoms with van der Waals surface area (Å²) in [6.45, 7) is 1.36. The second-order valence-electron chi connectivity index (χ2n) is 5.16. The fourth-order valence-corrected chi connectivity index (χ4v) is 2.41. The summed E-state index contributed by atoms with van der Waals surface area (Å²) in [6, 6.07) is 7.31. The number of amides is 1. The molecule has 1 aliphatic carbocycles. The average Bonchev–Trinajstić information content (AvgIpc) is 2.31. The maximum absolute atomic E-state index is 12.4. The molecule has 0 aliphatic heterocycles. The predicted molar refractivity (Wildman–Crippen MR) is 74.8 cm³/mol. The van der Waals surface area contributed by atoms with Gasteiger partial charge in [-0.1, -0.05) is 12.1 Å². The molecule has 0 bridgehead atoms. The monoisotopic (exact) mass is 262 g/mol. The number of nitrogens with two attached hydrogens (primary N) is 1. The van der Waals surface area contributed by atoms with Crippen LogP contribution >= 0.6 is 0 Å². The van der Waals surface area contributed by atoms with E-state index in [4.69, 9.17) is 5.73 Å². The van der Waals surface area contributed by atoms with Gasteiger partial charge >= 0.3 is 0 Å². The van der Waals surface area contributed by atoms with Gasteiger partial charge in [0.1, 0.15) is 5.75 Å². The Morgan fingerprint density at radius 1 is 1.42 bits per heavy atom. The fraction of sp³-hybridized carbons (Fsp3) is 0.533. The van der Waals surface area contributed by atoms with Crippen LogP contribution in [0.25, 0.3) is 0 Å². The molecule has 1 amide bonds. The zero-order valence-electron chi connectivity index (χ0n) is 11.2. The van der Waals surface area contributed by atoms with E-state index in [2.05, 4.69) is 0 Å². The molecule has 1 aromatic rings. The van der Waals surface area contributed by atoms with Gasteiger partial charge in [0.25, 0.3) is 0 Å². The van der Waals surface area contributed by atoms with Gasteiger partial charge in [0, 0.05) is 12.6 Å². The molecule has 3 N–H and O–H groups in total. The van der Waals surface area contributed by atoms with Crippen molar-refractivity contribution in [2.75, 3.05) is 13.1 Å². The van der Waals surface area contributed by atoms with Crippen LogP contribution in [-0.2, 0) is 11.2 Å². The Bertz CT molecular complexity index is 430. The maximum atomic E-state index is 12.4. The van der Waals surface area contributed by atoms with Crippen LogP contribution in [0.5, 0.6) is 5.75 Å². The molecule has 1 aliphatic rings. The van der Waals surface area contributed by atoms with Crippen LogP contribution in [0.3, 0.4) is 0 Å². The average molecular weight is 262 g/mol. The van der Waals surface area contributed by atoms with E-state index in [1.165, 1.54) is 6.42 Å². The standard InChI is InChI=1S/C15H22N2O2/c16-8-3-9-17(13-5-2-6-13)15(19)11-12-4-1-7-14(18)10-12/h1,4,7,10,13,18H,2-3,5-6,8-9,11,16H2. The molecule has 1 aromatic carbocycles. The van der Waals surface area contributed by atoms with Gasteiger partial charge in [0.05, 0.1) is 6.42 Å². The Kier molecular flexibility index (Phi) is 4.80. The fourth-order valence-electron chi connectivity index (χ4n) is 2.41. The summed E-state index contributed by atoms with van der Waals surface area (Å²) >= 11 is 0. The molecular weight excluding hydrogens is 240 g/mol. The van der Waals surface area contributed by atoms with Crippen LogP contribution in [0.4, 0.5) is 0 Å². The van der Waals surface area contributed by atoms with E-state index in [-0.39, 0.29) is 11.7 Å². The number of benzene rings is 1. The molecule has 0 heterocycles. The molecule has 4 nitrogen and oxygen atoms in total. The first-order chi connectivity index (χ1) is 9.20. The Morgan fingerprint density at radius 3 is 2.79 bits per heavy atom. The number of aromatic hydroxyl groups is 1. The van der Waals surface area contributed by atoms with Crippen LogP contribution in [0.2, 0.25) is 0 Å². The molecule has 2 rings (SSSR count). The highest BCUT2D eigenvalue weighted by atomic mass is 16.3. The summed E-state index contributed by atoms with van der Waals surface area (Å²) in [6.07, 6.45) is 4.63. The number of phenols is 1. The van der Waals surface area contributed by atoms with Crippen LogP contribution in [0, 0.1) is 0 Å². The van der Waals surface area contributed by atoms with Gasteiger partial charge in [0.15, 0.2) is 0 Å². The summed E-state index contributed by atoms with van der Waals surface area (Å²) in [5, 5.41) is 9.43. The zero-order chi connectivity index (χ0) is 13.7. The van der Waals surface area contributed by atoms with Gasteiger partial charge < -0.3 is 15.7 Å². The molecule has 0 atom stereocenters. The second kappa shape index (κ2) is 6.57. The number of nitrogens with zero attached hydrogens (tertiary/aromatic N) is 1. The van der Waals surface area contributed by atoms with Gasteiger partial charge in [-0.3, -0.25) is 4.79 Å². The quantitative estimate of drug-likeness (QED) is 0.819. The summed E-state index contributed by atoms with van der Waals surface area (Å²) in [7, 11) is 0. The topological polar surface area (TPSA) is 66.6 Å². The highest BCUT2D eigenvalue weighted by Gasteiger charge is 2.28. The first-order valence-electron chi connectivity index (χ1n) is 6.98. The molecule has 4 heteroatoms. The molecule has 0 unspecified atom stereocenters. The Morgan fingerprint density at radius 2 is 2.21 bits per heavy atom. The lowest BCUT2D eigenvalue weighted by Gasteiger charge is -2.37. The van der Waals surface area contributed by atoms with E-state index in [1.54, 1.807) is 18.2 Å². The lowest BCUT2D eigenvalue weighted by atomic mass is 9.91. The van der Waals surface area contributed by atoms with Gasteiger partial charge in [-0.15, -0.1) is 0 Å². The van der Waals surface area contributed by atoms with Crippen molar-refractivity contribution in [3.05, 3.63) is 29.8 Å². The van der Waals surface area contributed by atoms with E-state index in [1.807, 2.05) is 11.0 Å². The maximum Gasteiger partial charge on any atom is 0.227 e. The number of hydrogen-bond acceptors (Lipinski definition) is 3. The first-order valence-corrected chi connectivity index (χ1v) is 6.98. The summed E-state index contributed by atoms with van der Waals surface area (Å²) in [5.41, 5.74) is 6.40. The van der Waals surface area contributed by atoms with Crippen molar-refractivity contribution in [3.63, 3.8) is 0 Å². The van der Waals surface area contributed by atoms with Gasteiger partial charge in [-0.25, -0.2) is 0 Å². The third-order valence-electron chi connectivity index (χ3n) is 3.70. The van der Waals surface area contributed by atoms with Crippen molar-refractivity contribution in [2.24, 2.45) is 5.73 Å². The number of hydrogen-bond donors (Lipinski definition) is 2. The van der Waals surface area contributed by atoms with E-state index in [0.29, 0.717) is 19.0 Å². The molecule has 0 spiro atoms. The first kappa shape index (κ1) is 13.9. The van der Waals surface area contributed by atoms with Crippen LogP contribution in [0.15, 0.2) is 24.3 Å². The van der Waals surface area contributed by atoms with Gasteiger partial charge in [-0.2, -0.15) is 0 Å². The van der Waals surface area contributed by atoms with Crippen molar-refractivity contribution in [1.82, 2.24) is 4.90 Å². The third kappa shape index (κ3) is 3.70.